The fourth-order valence-electron chi connectivity index (χ4n) is 2.16. The van der Waals surface area contributed by atoms with E-state index in [1.807, 2.05) is 0 Å². The molecule has 0 aromatic heterocycles. The Morgan fingerprint density at radius 3 is 2.40 bits per heavy atom. The molecule has 1 aromatic carbocycles. The lowest BCUT2D eigenvalue weighted by molar-refractivity contribution is -0.116. The van der Waals surface area contributed by atoms with Crippen LogP contribution in [0.15, 0.2) is 18.2 Å². The highest BCUT2D eigenvalue weighted by Gasteiger charge is 2.23. The number of nitrogens with one attached hydrogen (secondary N) is 2. The summed E-state index contributed by atoms with van der Waals surface area (Å²) >= 11 is 5.93. The van der Waals surface area contributed by atoms with Crippen molar-refractivity contribution in [1.82, 2.24) is 5.32 Å². The molecule has 25 heavy (non-hydrogen) atoms. The van der Waals surface area contributed by atoms with E-state index >= 15 is 0 Å². The van der Waals surface area contributed by atoms with Crippen molar-refractivity contribution < 1.29 is 23.2 Å². The summed E-state index contributed by atoms with van der Waals surface area (Å²) in [6, 6.07) is 4.62. The van der Waals surface area contributed by atoms with Crippen LogP contribution in [-0.4, -0.2) is 38.2 Å². The Kier molecular flexibility index (Phi) is 9.14. The molecule has 0 saturated carbocycles. The number of carbonyl (C=O) groups is 2. The van der Waals surface area contributed by atoms with Crippen molar-refractivity contribution in [3.8, 4) is 0 Å². The van der Waals surface area contributed by atoms with Gasteiger partial charge in [-0.15, -0.1) is 0 Å². The second-order valence-electron chi connectivity index (χ2n) is 5.09. The van der Waals surface area contributed by atoms with Gasteiger partial charge in [-0.2, -0.15) is 0 Å². The Morgan fingerprint density at radius 2 is 1.84 bits per heavy atom. The third kappa shape index (κ3) is 7.16. The van der Waals surface area contributed by atoms with Crippen LogP contribution < -0.4 is 10.6 Å². The Labute approximate surface area is 152 Å². The summed E-state index contributed by atoms with van der Waals surface area (Å²) in [4.78, 5) is 24.0. The van der Waals surface area contributed by atoms with Crippen molar-refractivity contribution in [3.05, 3.63) is 28.8 Å². The molecule has 2 amide bonds. The normalized spacial score (nSPS) is 11.2. The topological polar surface area (TPSA) is 93.7 Å². The molecule has 140 valence electrons. The Bertz CT molecular complexity index is 643. The van der Waals surface area contributed by atoms with Gasteiger partial charge in [-0.1, -0.05) is 11.6 Å². The van der Waals surface area contributed by atoms with Crippen LogP contribution in [0, 0.1) is 0 Å². The van der Waals surface area contributed by atoms with Gasteiger partial charge in [0.15, 0.2) is 0 Å². The van der Waals surface area contributed by atoms with E-state index in [0.29, 0.717) is 22.7 Å². The summed E-state index contributed by atoms with van der Waals surface area (Å²) in [6.07, 6.45) is 0.600. The van der Waals surface area contributed by atoms with Crippen molar-refractivity contribution in [3.63, 3.8) is 0 Å². The van der Waals surface area contributed by atoms with Crippen LogP contribution in [0.2, 0.25) is 5.02 Å². The molecule has 0 saturated heterocycles. The summed E-state index contributed by atoms with van der Waals surface area (Å²) in [5.74, 6) is -0.642. The van der Waals surface area contributed by atoms with Gasteiger partial charge in [-0.25, -0.2) is 0 Å². The van der Waals surface area contributed by atoms with Crippen molar-refractivity contribution in [2.75, 3.05) is 31.7 Å². The van der Waals surface area contributed by atoms with E-state index in [9.17, 15) is 14.2 Å². The van der Waals surface area contributed by atoms with Crippen molar-refractivity contribution in [2.24, 2.45) is 0 Å². The van der Waals surface area contributed by atoms with Crippen LogP contribution in [0.1, 0.15) is 37.0 Å². The molecule has 0 unspecified atom stereocenters. The molecule has 1 rings (SSSR count). The molecule has 0 fully saturated rings. The molecular weight excluding hydrogens is 367 g/mol. The van der Waals surface area contributed by atoms with Crippen LogP contribution in [0.4, 0.5) is 5.69 Å². The van der Waals surface area contributed by atoms with Crippen LogP contribution in [0.5, 0.6) is 0 Å². The average molecular weight is 391 g/mol. The third-order valence-corrected chi connectivity index (χ3v) is 5.62. The second kappa shape index (κ2) is 10.6. The van der Waals surface area contributed by atoms with E-state index in [4.69, 9.17) is 20.6 Å². The number of halogens is 1. The van der Waals surface area contributed by atoms with E-state index in [0.717, 1.165) is 0 Å². The number of hydrogen-bond donors (Lipinski definition) is 2. The molecule has 0 aliphatic heterocycles. The number of benzene rings is 1. The van der Waals surface area contributed by atoms with Gasteiger partial charge in [-0.3, -0.25) is 14.2 Å². The Hall–Kier alpha value is -1.40. The predicted octanol–water partition coefficient (Wildman–Crippen LogP) is 3.68. The number of anilines is 1. The Balaban J connectivity index is 2.67. The summed E-state index contributed by atoms with van der Waals surface area (Å²) < 4.78 is 22.7. The van der Waals surface area contributed by atoms with Gasteiger partial charge in [-0.05, 0) is 38.5 Å². The maximum absolute atomic E-state index is 12.3. The van der Waals surface area contributed by atoms with Gasteiger partial charge in [0, 0.05) is 18.5 Å². The fraction of sp³-hybridized carbons (Fsp3) is 0.500. The van der Waals surface area contributed by atoms with Gasteiger partial charge in [0.25, 0.3) is 5.91 Å². The first-order valence-corrected chi connectivity index (χ1v) is 10.2. The van der Waals surface area contributed by atoms with Crippen LogP contribution in [0.25, 0.3) is 0 Å². The van der Waals surface area contributed by atoms with Crippen LogP contribution in [-0.2, 0) is 18.4 Å². The molecular formula is C16H24ClN2O5P. The van der Waals surface area contributed by atoms with Crippen LogP contribution >= 0.6 is 19.2 Å². The molecule has 0 spiro atoms. The number of hydrogen-bond acceptors (Lipinski definition) is 5. The first-order chi connectivity index (χ1) is 11.8. The maximum atomic E-state index is 12.3. The van der Waals surface area contributed by atoms with E-state index in [2.05, 4.69) is 10.6 Å². The minimum atomic E-state index is -3.16. The summed E-state index contributed by atoms with van der Waals surface area (Å²) in [6.45, 7) is 4.03. The lowest BCUT2D eigenvalue weighted by Gasteiger charge is -2.16. The molecule has 7 nitrogen and oxygen atoms in total. The molecule has 0 atom stereocenters. The van der Waals surface area contributed by atoms with Crippen LogP contribution in [0.3, 0.4) is 0 Å². The zero-order chi connectivity index (χ0) is 18.9. The highest BCUT2D eigenvalue weighted by Crippen LogP contribution is 2.48. The number of rotatable bonds is 10. The lowest BCUT2D eigenvalue weighted by Crippen LogP contribution is -2.21. The van der Waals surface area contributed by atoms with Crippen molar-refractivity contribution in [1.29, 1.82) is 0 Å². The molecule has 0 radical (unpaired) electrons. The van der Waals surface area contributed by atoms with Gasteiger partial charge in [0.1, 0.15) is 0 Å². The predicted molar refractivity (Wildman–Crippen MR) is 98.4 cm³/mol. The summed E-state index contributed by atoms with van der Waals surface area (Å²) in [7, 11) is -1.66. The molecule has 9 heteroatoms. The van der Waals surface area contributed by atoms with E-state index < -0.39 is 7.60 Å². The number of amides is 2. The van der Waals surface area contributed by atoms with Gasteiger partial charge >= 0.3 is 7.60 Å². The van der Waals surface area contributed by atoms with Gasteiger partial charge in [0.2, 0.25) is 5.91 Å². The van der Waals surface area contributed by atoms with E-state index in [1.165, 1.54) is 19.2 Å². The lowest BCUT2D eigenvalue weighted by atomic mass is 10.1. The standard InChI is InChI=1S/C16H24ClN2O5P/c1-4-23-25(22,24-5-2)10-6-7-15(20)19-14-11-12(17)8-9-13(14)16(21)18-3/h8-9,11H,4-7,10H2,1-3H3,(H,18,21)(H,19,20). The monoisotopic (exact) mass is 390 g/mol. The molecule has 0 bridgehead atoms. The second-order valence-corrected chi connectivity index (χ2v) is 7.71. The minimum Gasteiger partial charge on any atom is -0.355 e. The molecule has 0 heterocycles. The highest BCUT2D eigenvalue weighted by molar-refractivity contribution is 7.53. The minimum absolute atomic E-state index is 0.115. The molecule has 1 aromatic rings. The van der Waals surface area contributed by atoms with E-state index in [-0.39, 0.29) is 37.6 Å². The Morgan fingerprint density at radius 1 is 1.20 bits per heavy atom. The van der Waals surface area contributed by atoms with Crippen molar-refractivity contribution in [2.45, 2.75) is 26.7 Å². The fourth-order valence-corrected chi connectivity index (χ4v) is 4.00. The summed E-state index contributed by atoms with van der Waals surface area (Å²) in [5, 5.41) is 5.57. The molecule has 0 aliphatic carbocycles. The third-order valence-electron chi connectivity index (χ3n) is 3.21. The average Bonchev–Trinajstić information content (AvgIpc) is 2.54. The highest BCUT2D eigenvalue weighted by atomic mass is 35.5. The molecule has 0 aliphatic rings. The van der Waals surface area contributed by atoms with Gasteiger partial charge in [0.05, 0.1) is 30.6 Å². The molecule has 2 N–H and O–H groups in total. The van der Waals surface area contributed by atoms with Crippen molar-refractivity contribution >= 4 is 36.7 Å². The largest absolute Gasteiger partial charge is 0.355 e. The zero-order valence-corrected chi connectivity index (χ0v) is 16.3. The quantitative estimate of drug-likeness (QED) is 0.594. The first kappa shape index (κ1) is 21.6. The zero-order valence-electron chi connectivity index (χ0n) is 14.6. The van der Waals surface area contributed by atoms with E-state index in [1.54, 1.807) is 19.9 Å². The number of carbonyl (C=O) groups excluding carboxylic acids is 2. The smallest absolute Gasteiger partial charge is 0.330 e. The first-order valence-electron chi connectivity index (χ1n) is 8.04. The maximum Gasteiger partial charge on any atom is 0.330 e. The SMILES string of the molecule is CCOP(=O)(CCCC(=O)Nc1cc(Cl)ccc1C(=O)NC)OCC. The summed E-state index contributed by atoms with van der Waals surface area (Å²) in [5.41, 5.74) is 0.643. The van der Waals surface area contributed by atoms with Gasteiger partial charge < -0.3 is 19.7 Å².